The van der Waals surface area contributed by atoms with E-state index in [1.165, 1.54) is 0 Å². The van der Waals surface area contributed by atoms with E-state index in [9.17, 15) is 19.6 Å². The van der Waals surface area contributed by atoms with Crippen molar-refractivity contribution < 1.29 is 55.9 Å². The summed E-state index contributed by atoms with van der Waals surface area (Å²) in [5.74, 6) is 0. The van der Waals surface area contributed by atoms with E-state index in [1.54, 1.807) is 0 Å². The Morgan fingerprint density at radius 2 is 0.409 bits per heavy atom. The van der Waals surface area contributed by atoms with Crippen LogP contribution in [-0.2, 0) is 36.4 Å². The molecule has 2 N–H and O–H groups in total. The van der Waals surface area contributed by atoms with Crippen molar-refractivity contribution in [3.63, 3.8) is 0 Å². The zero-order valence-electron chi connectivity index (χ0n) is 32.9. The Balaban J connectivity index is -0.000000105. The fourth-order valence-electron chi connectivity index (χ4n) is 4.02. The monoisotopic (exact) mass is 928 g/mol. The Bertz CT molecular complexity index is 517. The molecule has 0 saturated heterocycles. The molecular weight excluding hydrogens is 856 g/mol. The van der Waals surface area contributed by atoms with Gasteiger partial charge in [0.15, 0.2) is 0 Å². The van der Waals surface area contributed by atoms with Crippen LogP contribution in [0.2, 0.25) is 0 Å². The molecule has 0 amide bonds. The summed E-state index contributed by atoms with van der Waals surface area (Å²) in [5, 5.41) is 0.0602. The molecule has 0 aliphatic heterocycles. The fraction of sp³-hybridized carbons (Fsp3) is 1.00. The maximum atomic E-state index is 11.6. The molecular formula is C32H74Cl2O4P4Pd2. The summed E-state index contributed by atoms with van der Waals surface area (Å²) in [6.07, 6.45) is 0. The number of hydrogen-bond donors (Lipinski definition) is 2. The van der Waals surface area contributed by atoms with E-state index < -0.39 is 32.6 Å². The van der Waals surface area contributed by atoms with Crippen molar-refractivity contribution in [1.29, 1.82) is 0 Å². The second kappa shape index (κ2) is 23.8. The molecule has 12 heteroatoms. The predicted molar refractivity (Wildman–Crippen MR) is 202 cm³/mol. The van der Waals surface area contributed by atoms with Crippen molar-refractivity contribution in [3.8, 4) is 0 Å². The van der Waals surface area contributed by atoms with Gasteiger partial charge in [-0.1, -0.05) is 166 Å². The van der Waals surface area contributed by atoms with E-state index in [4.69, 9.17) is 0 Å². The summed E-state index contributed by atoms with van der Waals surface area (Å²) in [6.45, 7) is 49.3. The van der Waals surface area contributed by atoms with Gasteiger partial charge in [-0.15, -0.1) is 0 Å². The molecule has 0 aromatic rings. The molecule has 0 aromatic carbocycles. The van der Waals surface area contributed by atoms with Gasteiger partial charge in [0.05, 0.1) is 0 Å². The zero-order chi connectivity index (χ0) is 38.3. The molecule has 0 atom stereocenters. The molecule has 0 aromatic heterocycles. The normalized spacial score (nSPS) is 13.4. The molecule has 0 aliphatic carbocycles. The minimum absolute atomic E-state index is 0.0480. The first kappa shape index (κ1) is 59.6. The van der Waals surface area contributed by atoms with Gasteiger partial charge in [-0.25, -0.2) is 0 Å². The first-order chi connectivity index (χ1) is 18.6. The van der Waals surface area contributed by atoms with Crippen LogP contribution in [0.5, 0.6) is 0 Å². The number of hydrogen-bond acceptors (Lipinski definition) is 4. The first-order valence-corrected chi connectivity index (χ1v) is 23.9. The van der Waals surface area contributed by atoms with Crippen LogP contribution in [0.15, 0.2) is 0 Å². The first-order valence-electron chi connectivity index (χ1n) is 14.8. The summed E-state index contributed by atoms with van der Waals surface area (Å²) in [5.41, 5.74) is 0. The zero-order valence-corrected chi connectivity index (χ0v) is 41.1. The summed E-state index contributed by atoms with van der Waals surface area (Å²) < 4.78 is 0. The molecule has 0 heterocycles. The van der Waals surface area contributed by atoms with Crippen LogP contribution in [0.1, 0.15) is 166 Å². The second-order valence-electron chi connectivity index (χ2n) is 18.6. The predicted octanol–water partition coefficient (Wildman–Crippen LogP) is 12.0. The molecule has 0 bridgehead atoms. The molecule has 0 fully saturated rings. The van der Waals surface area contributed by atoms with Crippen LogP contribution < -0.4 is 9.79 Å². The molecule has 0 radical (unpaired) electrons. The average molecular weight is 931 g/mol. The summed E-state index contributed by atoms with van der Waals surface area (Å²) in [7, 11) is 5.03. The van der Waals surface area contributed by atoms with Gasteiger partial charge in [-0.3, -0.25) is 0 Å². The van der Waals surface area contributed by atoms with Crippen LogP contribution >= 0.6 is 51.7 Å². The van der Waals surface area contributed by atoms with Gasteiger partial charge in [0.1, 0.15) is 0 Å². The standard InChI is InChI=1S/2C8H19OP.2C8H18OP.2ClH.2Pd/c4*1-7(2,3)10(9)8(4,5)6;;;;/h2*9H,1-6H3;2*1-6H3;2*1H;;/q;;2*-1;;;2*+2/p-2. The molecule has 0 rings (SSSR count). The van der Waals surface area contributed by atoms with Gasteiger partial charge < -0.3 is 19.6 Å². The van der Waals surface area contributed by atoms with Crippen molar-refractivity contribution in [2.75, 3.05) is 0 Å². The third-order valence-corrected chi connectivity index (χ3v) is 14.9. The van der Waals surface area contributed by atoms with Crippen LogP contribution in [-0.4, -0.2) is 51.0 Å². The quantitative estimate of drug-likeness (QED) is 0.187. The van der Waals surface area contributed by atoms with E-state index in [2.05, 4.69) is 139 Å². The molecule has 0 unspecified atom stereocenters. The van der Waals surface area contributed by atoms with Gasteiger partial charge in [-0.05, 0) is 20.6 Å². The van der Waals surface area contributed by atoms with Gasteiger partial charge in [0, 0.05) is 36.9 Å². The van der Waals surface area contributed by atoms with E-state index in [1.807, 2.05) is 83.1 Å². The topological polar surface area (TPSA) is 86.6 Å². The maximum absolute atomic E-state index is 11.6. The van der Waals surface area contributed by atoms with E-state index in [-0.39, 0.29) is 41.2 Å². The van der Waals surface area contributed by atoms with Gasteiger partial charge in [0.25, 0.3) is 0 Å². The summed E-state index contributed by atoms with van der Waals surface area (Å²) >= 11 is 4.44. The molecule has 0 spiro atoms. The minimum atomic E-state index is -1.11. The molecule has 44 heavy (non-hydrogen) atoms. The van der Waals surface area contributed by atoms with Crippen molar-refractivity contribution in [2.45, 2.75) is 207 Å². The SMILES string of the molecule is CC(C)(C)P(O)C(C)(C)C.CC(C)(C)P(O)C(C)(C)C.CC(C)(C)P([O-])C(C)(C)C.CC(C)(C)P([O-])C(C)(C)C.[Cl][Pd+].[Cl][Pd+]. The van der Waals surface area contributed by atoms with E-state index in [0.717, 1.165) is 0 Å². The van der Waals surface area contributed by atoms with Crippen molar-refractivity contribution >= 4 is 51.7 Å². The van der Waals surface area contributed by atoms with Crippen LogP contribution in [0.3, 0.4) is 0 Å². The molecule has 0 aliphatic rings. The third-order valence-electron chi connectivity index (χ3n) is 4.98. The summed E-state index contributed by atoms with van der Waals surface area (Å²) in [4.78, 5) is 42.8. The number of halogens is 2. The average Bonchev–Trinajstić information content (AvgIpc) is 2.76. The Morgan fingerprint density at radius 1 is 0.318 bits per heavy atom. The Kier molecular flexibility index (Phi) is 32.3. The van der Waals surface area contributed by atoms with E-state index in [0.29, 0.717) is 0 Å². The summed E-state index contributed by atoms with van der Waals surface area (Å²) in [6, 6.07) is 0. The Hall–Kier alpha value is 3.46. The molecule has 4 nitrogen and oxygen atoms in total. The van der Waals surface area contributed by atoms with Gasteiger partial charge >= 0.3 is 55.4 Å². The Morgan fingerprint density at radius 3 is 0.409 bits per heavy atom. The van der Waals surface area contributed by atoms with Crippen molar-refractivity contribution in [1.82, 2.24) is 0 Å². The fourth-order valence-corrected chi connectivity index (χ4v) is 12.1. The van der Waals surface area contributed by atoms with Gasteiger partial charge in [0.2, 0.25) is 0 Å². The number of rotatable bonds is 0. The van der Waals surface area contributed by atoms with Gasteiger partial charge in [-0.2, -0.15) is 16.3 Å². The van der Waals surface area contributed by atoms with Crippen molar-refractivity contribution in [3.05, 3.63) is 0 Å². The molecule has 0 saturated carbocycles. The van der Waals surface area contributed by atoms with Crippen molar-refractivity contribution in [2.24, 2.45) is 0 Å². The van der Waals surface area contributed by atoms with Crippen LogP contribution in [0, 0.1) is 0 Å². The Labute approximate surface area is 312 Å². The van der Waals surface area contributed by atoms with E-state index >= 15 is 0 Å². The van der Waals surface area contributed by atoms with Crippen LogP contribution in [0.25, 0.3) is 0 Å². The molecule has 280 valence electrons. The second-order valence-corrected chi connectivity index (χ2v) is 31.7. The van der Waals surface area contributed by atoms with Crippen LogP contribution in [0.4, 0.5) is 0 Å². The third kappa shape index (κ3) is 33.9.